The first kappa shape index (κ1) is 23.9. The molecule has 0 aromatic carbocycles. The zero-order chi connectivity index (χ0) is 18.6. The largest absolute Gasteiger partial charge is 0.311 e. The van der Waals surface area contributed by atoms with Gasteiger partial charge in [0.25, 0.3) is 0 Å². The van der Waals surface area contributed by atoms with Gasteiger partial charge >= 0.3 is 0 Å². The molecule has 0 bridgehead atoms. The number of nitrogens with zero attached hydrogens (tertiary/aromatic N) is 1. The Morgan fingerprint density at radius 3 is 1.44 bits per heavy atom. The number of rotatable bonds is 19. The number of unbranched alkanes of at least 4 members (excludes halogenated alkanes) is 10. The van der Waals surface area contributed by atoms with Crippen molar-refractivity contribution in [2.45, 2.75) is 77.6 Å². The Balaban J connectivity index is 3.76. The van der Waals surface area contributed by atoms with Gasteiger partial charge < -0.3 is 4.48 Å². The lowest BCUT2D eigenvalue weighted by Gasteiger charge is -2.35. The van der Waals surface area contributed by atoms with E-state index in [0.29, 0.717) is 0 Å². The minimum Gasteiger partial charge on any atom is -0.311 e. The summed E-state index contributed by atoms with van der Waals surface area (Å²) in [5.41, 5.74) is 0. The van der Waals surface area contributed by atoms with Gasteiger partial charge in [-0.05, 0) is 37.1 Å². The molecule has 0 aliphatic heterocycles. The molecule has 0 heterocycles. The summed E-state index contributed by atoms with van der Waals surface area (Å²) in [6, 6.07) is 0. The average Bonchev–Trinajstić information content (AvgIpc) is 2.60. The van der Waals surface area contributed by atoms with Crippen molar-refractivity contribution in [3.63, 3.8) is 0 Å². The van der Waals surface area contributed by atoms with E-state index in [1.54, 1.807) is 0 Å². The van der Waals surface area contributed by atoms with Crippen LogP contribution in [-0.4, -0.2) is 30.7 Å². The van der Waals surface area contributed by atoms with Crippen LogP contribution in [0.3, 0.4) is 0 Å². The smallest absolute Gasteiger partial charge is 0.0981 e. The fraction of sp³-hybridized carbons (Fsp3) is 0.667. The van der Waals surface area contributed by atoms with E-state index in [1.165, 1.54) is 70.6 Å². The highest BCUT2D eigenvalue weighted by molar-refractivity contribution is 4.85. The molecule has 0 aromatic heterocycles. The van der Waals surface area contributed by atoms with Gasteiger partial charge in [-0.15, -0.1) is 0 Å². The fourth-order valence-corrected chi connectivity index (χ4v) is 3.43. The number of allylic oxidation sites excluding steroid dienone is 1. The van der Waals surface area contributed by atoms with Crippen LogP contribution < -0.4 is 0 Å². The fourth-order valence-electron chi connectivity index (χ4n) is 3.43. The molecule has 0 atom stereocenters. The van der Waals surface area contributed by atoms with E-state index >= 15 is 0 Å². The van der Waals surface area contributed by atoms with E-state index < -0.39 is 0 Å². The van der Waals surface area contributed by atoms with Crippen LogP contribution in [0.2, 0.25) is 0 Å². The summed E-state index contributed by atoms with van der Waals surface area (Å²) in [6.45, 7) is 18.0. The monoisotopic (exact) mass is 346 g/mol. The Bertz CT molecular complexity index is 327. The Morgan fingerprint density at radius 1 is 0.560 bits per heavy atom. The second-order valence-electron chi connectivity index (χ2n) is 7.38. The maximum Gasteiger partial charge on any atom is 0.0981 e. The normalized spacial score (nSPS) is 11.7. The van der Waals surface area contributed by atoms with Gasteiger partial charge in [0.05, 0.1) is 26.2 Å². The number of quaternary nitrogens is 1. The summed E-state index contributed by atoms with van der Waals surface area (Å²) in [4.78, 5) is 0. The van der Waals surface area contributed by atoms with Gasteiger partial charge in [0, 0.05) is 0 Å². The summed E-state index contributed by atoms with van der Waals surface area (Å²) in [6.07, 6.45) is 26.0. The van der Waals surface area contributed by atoms with Crippen LogP contribution >= 0.6 is 0 Å². The molecule has 0 fully saturated rings. The quantitative estimate of drug-likeness (QED) is 0.131. The van der Waals surface area contributed by atoms with Gasteiger partial charge in [0.15, 0.2) is 0 Å². The molecule has 0 N–H and O–H groups in total. The first-order chi connectivity index (χ1) is 12.2. The number of hydrogen-bond donors (Lipinski definition) is 0. The van der Waals surface area contributed by atoms with E-state index in [-0.39, 0.29) is 0 Å². The molecule has 0 radical (unpaired) electrons. The van der Waals surface area contributed by atoms with Crippen LogP contribution in [0.4, 0.5) is 0 Å². The van der Waals surface area contributed by atoms with Crippen molar-refractivity contribution in [3.05, 3.63) is 50.1 Å². The molecule has 0 saturated carbocycles. The molecule has 1 heteroatoms. The zero-order valence-electron chi connectivity index (χ0n) is 17.1. The molecular formula is C24H44N+. The first-order valence-electron chi connectivity index (χ1n) is 10.6. The van der Waals surface area contributed by atoms with Crippen molar-refractivity contribution in [3.8, 4) is 0 Å². The lowest BCUT2D eigenvalue weighted by molar-refractivity contribution is -0.906. The molecule has 144 valence electrons. The summed E-state index contributed by atoms with van der Waals surface area (Å²) in [5.74, 6) is 0. The SMILES string of the molecule is C=CC[N+](CC=C)(CC=C)CC=CCCCCCCCCCCCC. The van der Waals surface area contributed by atoms with Gasteiger partial charge in [0.1, 0.15) is 0 Å². The standard InChI is InChI=1S/C24H44N/c1-5-9-10-11-12-13-14-15-16-17-18-19-20-24-25(21-6-2,22-7-3)23-8-4/h6-8,19-20H,2-5,9-18,21-24H2,1H3/q+1. The summed E-state index contributed by atoms with van der Waals surface area (Å²) in [5, 5.41) is 0. The highest BCUT2D eigenvalue weighted by Crippen LogP contribution is 2.12. The molecule has 25 heavy (non-hydrogen) atoms. The highest BCUT2D eigenvalue weighted by Gasteiger charge is 2.20. The lowest BCUT2D eigenvalue weighted by Crippen LogP contribution is -2.48. The Hall–Kier alpha value is -1.08. The third-order valence-electron chi connectivity index (χ3n) is 4.93. The van der Waals surface area contributed by atoms with Gasteiger partial charge in [-0.25, -0.2) is 0 Å². The van der Waals surface area contributed by atoms with Crippen LogP contribution in [0.1, 0.15) is 77.6 Å². The van der Waals surface area contributed by atoms with Crippen LogP contribution in [-0.2, 0) is 0 Å². The van der Waals surface area contributed by atoms with Crippen LogP contribution in [0.25, 0.3) is 0 Å². The van der Waals surface area contributed by atoms with Gasteiger partial charge in [-0.2, -0.15) is 0 Å². The van der Waals surface area contributed by atoms with E-state index in [4.69, 9.17) is 0 Å². The molecule has 0 spiro atoms. The average molecular weight is 347 g/mol. The van der Waals surface area contributed by atoms with Crippen LogP contribution in [0.15, 0.2) is 50.1 Å². The number of hydrogen-bond acceptors (Lipinski definition) is 0. The topological polar surface area (TPSA) is 0 Å². The first-order valence-corrected chi connectivity index (χ1v) is 10.6. The van der Waals surface area contributed by atoms with E-state index in [1.807, 2.05) is 18.2 Å². The Kier molecular flexibility index (Phi) is 17.0. The predicted octanol–water partition coefficient (Wildman–Crippen LogP) is 7.23. The third-order valence-corrected chi connectivity index (χ3v) is 4.93. The lowest BCUT2D eigenvalue weighted by atomic mass is 10.1. The van der Waals surface area contributed by atoms with Crippen molar-refractivity contribution in [2.75, 3.05) is 26.2 Å². The van der Waals surface area contributed by atoms with Crippen molar-refractivity contribution < 1.29 is 4.48 Å². The van der Waals surface area contributed by atoms with Crippen molar-refractivity contribution >= 4 is 0 Å². The van der Waals surface area contributed by atoms with Gasteiger partial charge in [-0.1, -0.05) is 90.5 Å². The molecule has 0 saturated heterocycles. The second kappa shape index (κ2) is 17.7. The van der Waals surface area contributed by atoms with Crippen LogP contribution in [0, 0.1) is 0 Å². The maximum atomic E-state index is 3.92. The van der Waals surface area contributed by atoms with Crippen LogP contribution in [0.5, 0.6) is 0 Å². The molecule has 0 aliphatic carbocycles. The predicted molar refractivity (Wildman–Crippen MR) is 116 cm³/mol. The maximum absolute atomic E-state index is 3.92. The molecule has 1 nitrogen and oxygen atoms in total. The second-order valence-corrected chi connectivity index (χ2v) is 7.38. The molecule has 0 unspecified atom stereocenters. The summed E-state index contributed by atoms with van der Waals surface area (Å²) < 4.78 is 0.963. The summed E-state index contributed by atoms with van der Waals surface area (Å²) >= 11 is 0. The molecule has 0 aromatic rings. The molecule has 0 rings (SSSR count). The Morgan fingerprint density at radius 2 is 1.00 bits per heavy atom. The van der Waals surface area contributed by atoms with Crippen molar-refractivity contribution in [2.24, 2.45) is 0 Å². The van der Waals surface area contributed by atoms with E-state index in [9.17, 15) is 0 Å². The minimum atomic E-state index is 0.963. The van der Waals surface area contributed by atoms with Gasteiger partial charge in [-0.3, -0.25) is 0 Å². The molecule has 0 aliphatic rings. The minimum absolute atomic E-state index is 0.963. The van der Waals surface area contributed by atoms with Gasteiger partial charge in [0.2, 0.25) is 0 Å². The molecular weight excluding hydrogens is 302 g/mol. The van der Waals surface area contributed by atoms with E-state index in [0.717, 1.165) is 30.7 Å². The van der Waals surface area contributed by atoms with Crippen molar-refractivity contribution in [1.82, 2.24) is 0 Å². The molecule has 0 amide bonds. The third kappa shape index (κ3) is 13.8. The van der Waals surface area contributed by atoms with E-state index in [2.05, 4.69) is 38.8 Å². The highest BCUT2D eigenvalue weighted by atomic mass is 15.3. The Labute approximate surface area is 158 Å². The summed E-state index contributed by atoms with van der Waals surface area (Å²) in [7, 11) is 0. The van der Waals surface area contributed by atoms with Crippen molar-refractivity contribution in [1.29, 1.82) is 0 Å². The zero-order valence-corrected chi connectivity index (χ0v) is 17.1.